The lowest BCUT2D eigenvalue weighted by atomic mass is 9.98. The summed E-state index contributed by atoms with van der Waals surface area (Å²) < 4.78 is 11.5. The number of likely N-dealkylation sites (tertiary alicyclic amines) is 1. The Labute approximate surface area is 164 Å². The maximum atomic E-state index is 12.9. The van der Waals surface area contributed by atoms with Crippen LogP contribution in [0.4, 0.5) is 4.79 Å². The molecule has 2 saturated heterocycles. The van der Waals surface area contributed by atoms with Crippen molar-refractivity contribution in [3.63, 3.8) is 0 Å². The lowest BCUT2D eigenvalue weighted by Crippen LogP contribution is -2.44. The Bertz CT molecular complexity index is 852. The highest BCUT2D eigenvalue weighted by Crippen LogP contribution is 2.44. The number of aliphatic hydroxyl groups excluding tert-OH is 1. The van der Waals surface area contributed by atoms with Crippen molar-refractivity contribution >= 4 is 6.09 Å². The van der Waals surface area contributed by atoms with E-state index in [0.717, 1.165) is 6.42 Å². The fraction of sp³-hybridized carbons (Fsp3) is 0.435. The molecule has 4 atom stereocenters. The number of hydrogen-bond acceptors (Lipinski definition) is 4. The van der Waals surface area contributed by atoms with Gasteiger partial charge < -0.3 is 14.6 Å². The van der Waals surface area contributed by atoms with E-state index in [9.17, 15) is 9.90 Å². The molecule has 1 aliphatic carbocycles. The molecule has 0 spiro atoms. The number of ether oxygens (including phenoxy) is 2. The molecule has 3 aliphatic rings. The highest BCUT2D eigenvalue weighted by molar-refractivity contribution is 5.79. The van der Waals surface area contributed by atoms with E-state index >= 15 is 0 Å². The van der Waals surface area contributed by atoms with Crippen molar-refractivity contribution < 1.29 is 19.4 Å². The molecular formula is C23H25NO4. The van der Waals surface area contributed by atoms with Crippen molar-refractivity contribution in [1.82, 2.24) is 4.90 Å². The topological polar surface area (TPSA) is 59.0 Å². The van der Waals surface area contributed by atoms with E-state index in [1.165, 1.54) is 22.3 Å². The number of carbonyl (C=O) groups excluding carboxylic acids is 1. The third kappa shape index (κ3) is 2.65. The summed E-state index contributed by atoms with van der Waals surface area (Å²) in [6.07, 6.45) is -0.152. The maximum absolute atomic E-state index is 12.9. The smallest absolute Gasteiger partial charge is 0.410 e. The van der Waals surface area contributed by atoms with E-state index in [-0.39, 0.29) is 30.1 Å². The molecule has 2 heterocycles. The van der Waals surface area contributed by atoms with Crippen molar-refractivity contribution in [2.45, 2.75) is 37.5 Å². The van der Waals surface area contributed by atoms with Gasteiger partial charge in [0.05, 0.1) is 18.8 Å². The van der Waals surface area contributed by atoms with Gasteiger partial charge in [-0.05, 0) is 28.7 Å². The molecule has 1 amide bonds. The molecule has 0 bridgehead atoms. The van der Waals surface area contributed by atoms with Gasteiger partial charge >= 0.3 is 6.09 Å². The SMILES string of the molecule is CC[C@H]1CN(C(=O)OCC2c3ccccc3-c3ccccc32)[C@H]2[C@@H]1OC[C@@H]2O. The second-order valence-corrected chi connectivity index (χ2v) is 7.98. The molecule has 5 nitrogen and oxygen atoms in total. The van der Waals surface area contributed by atoms with Crippen molar-refractivity contribution in [1.29, 1.82) is 0 Å². The third-order valence-electron chi connectivity index (χ3n) is 6.54. The Morgan fingerprint density at radius 1 is 1.14 bits per heavy atom. The number of benzene rings is 2. The summed E-state index contributed by atoms with van der Waals surface area (Å²) >= 11 is 0. The molecule has 2 aromatic carbocycles. The highest BCUT2D eigenvalue weighted by atomic mass is 16.6. The van der Waals surface area contributed by atoms with Crippen molar-refractivity contribution in [3.8, 4) is 11.1 Å². The van der Waals surface area contributed by atoms with Crippen molar-refractivity contribution in [2.24, 2.45) is 5.92 Å². The van der Waals surface area contributed by atoms with E-state index in [1.807, 2.05) is 24.3 Å². The van der Waals surface area contributed by atoms with Crippen molar-refractivity contribution in [3.05, 3.63) is 59.7 Å². The maximum Gasteiger partial charge on any atom is 0.410 e. The lowest BCUT2D eigenvalue weighted by molar-refractivity contribution is 0.0555. The van der Waals surface area contributed by atoms with E-state index < -0.39 is 6.10 Å². The van der Waals surface area contributed by atoms with E-state index in [4.69, 9.17) is 9.47 Å². The van der Waals surface area contributed by atoms with Gasteiger partial charge in [-0.3, -0.25) is 4.90 Å². The number of nitrogens with zero attached hydrogens (tertiary/aromatic N) is 1. The van der Waals surface area contributed by atoms with Gasteiger partial charge in [0, 0.05) is 18.4 Å². The second-order valence-electron chi connectivity index (χ2n) is 7.98. The van der Waals surface area contributed by atoms with Crippen LogP contribution in [0.3, 0.4) is 0 Å². The lowest BCUT2D eigenvalue weighted by Gasteiger charge is -2.25. The quantitative estimate of drug-likeness (QED) is 0.888. The van der Waals surface area contributed by atoms with Crippen LogP contribution in [-0.2, 0) is 9.47 Å². The summed E-state index contributed by atoms with van der Waals surface area (Å²) in [5.41, 5.74) is 4.83. The van der Waals surface area contributed by atoms with Crippen LogP contribution in [-0.4, -0.2) is 54.1 Å². The van der Waals surface area contributed by atoms with Crippen LogP contribution < -0.4 is 0 Å². The highest BCUT2D eigenvalue weighted by Gasteiger charge is 2.52. The average molecular weight is 379 g/mol. The van der Waals surface area contributed by atoms with Gasteiger partial charge in [0.25, 0.3) is 0 Å². The summed E-state index contributed by atoms with van der Waals surface area (Å²) in [4.78, 5) is 14.6. The second kappa shape index (κ2) is 6.90. The first-order valence-corrected chi connectivity index (χ1v) is 10.1. The van der Waals surface area contributed by atoms with E-state index in [0.29, 0.717) is 19.8 Å². The van der Waals surface area contributed by atoms with Gasteiger partial charge in [-0.1, -0.05) is 55.5 Å². The molecule has 5 rings (SSSR count). The zero-order valence-electron chi connectivity index (χ0n) is 16.0. The largest absolute Gasteiger partial charge is 0.448 e. The van der Waals surface area contributed by atoms with Gasteiger partial charge in [0.2, 0.25) is 0 Å². The number of aliphatic hydroxyl groups is 1. The van der Waals surface area contributed by atoms with Crippen LogP contribution in [0.2, 0.25) is 0 Å². The van der Waals surface area contributed by atoms with Crippen LogP contribution in [0, 0.1) is 5.92 Å². The minimum Gasteiger partial charge on any atom is -0.448 e. The van der Waals surface area contributed by atoms with Crippen LogP contribution >= 0.6 is 0 Å². The first-order chi connectivity index (χ1) is 13.7. The van der Waals surface area contributed by atoms with Crippen LogP contribution in [0.15, 0.2) is 48.5 Å². The van der Waals surface area contributed by atoms with E-state index in [2.05, 4.69) is 31.2 Å². The molecule has 28 heavy (non-hydrogen) atoms. The van der Waals surface area contributed by atoms with Crippen molar-refractivity contribution in [2.75, 3.05) is 19.8 Å². The van der Waals surface area contributed by atoms with Crippen LogP contribution in [0.25, 0.3) is 11.1 Å². The molecule has 0 unspecified atom stereocenters. The van der Waals surface area contributed by atoms with Gasteiger partial charge in [0.1, 0.15) is 12.7 Å². The summed E-state index contributed by atoms with van der Waals surface area (Å²) in [5, 5.41) is 10.3. The normalized spacial score (nSPS) is 28.1. The first kappa shape index (κ1) is 17.7. The molecule has 1 N–H and O–H groups in total. The summed E-state index contributed by atoms with van der Waals surface area (Å²) in [5.74, 6) is 0.295. The van der Waals surface area contributed by atoms with Gasteiger partial charge in [-0.15, -0.1) is 0 Å². The van der Waals surface area contributed by atoms with Crippen LogP contribution in [0.5, 0.6) is 0 Å². The number of fused-ring (bicyclic) bond motifs is 4. The molecule has 5 heteroatoms. The Morgan fingerprint density at radius 3 is 2.43 bits per heavy atom. The minimum absolute atomic E-state index is 0.0430. The molecular weight excluding hydrogens is 354 g/mol. The number of hydrogen-bond donors (Lipinski definition) is 1. The standard InChI is InChI=1S/C23H25NO4/c1-2-14-11-24(21-20(25)13-27-22(14)21)23(26)28-12-19-17-9-5-3-7-15(17)16-8-4-6-10-18(16)19/h3-10,14,19-22,25H,2,11-13H2,1H3/t14-,20-,21+,22+/m0/s1. The third-order valence-corrected chi connectivity index (χ3v) is 6.54. The summed E-state index contributed by atoms with van der Waals surface area (Å²) in [7, 11) is 0. The number of carbonyl (C=O) groups is 1. The Morgan fingerprint density at radius 2 is 1.79 bits per heavy atom. The monoisotopic (exact) mass is 379 g/mol. The molecule has 2 fully saturated rings. The zero-order valence-corrected chi connectivity index (χ0v) is 16.0. The minimum atomic E-state index is -0.637. The Kier molecular flexibility index (Phi) is 4.37. The fourth-order valence-corrected chi connectivity index (χ4v) is 5.14. The predicted octanol–water partition coefficient (Wildman–Crippen LogP) is 3.41. The molecule has 146 valence electrons. The molecule has 0 radical (unpaired) electrons. The Balaban J connectivity index is 1.35. The molecule has 2 aliphatic heterocycles. The Hall–Kier alpha value is -2.37. The van der Waals surface area contributed by atoms with Gasteiger partial charge in [-0.25, -0.2) is 4.79 Å². The molecule has 0 aromatic heterocycles. The number of amides is 1. The van der Waals surface area contributed by atoms with E-state index in [1.54, 1.807) is 4.90 Å². The fourth-order valence-electron chi connectivity index (χ4n) is 5.14. The first-order valence-electron chi connectivity index (χ1n) is 10.1. The predicted molar refractivity (Wildman–Crippen MR) is 105 cm³/mol. The summed E-state index contributed by atoms with van der Waals surface area (Å²) in [6.45, 7) is 3.27. The zero-order chi connectivity index (χ0) is 19.3. The van der Waals surface area contributed by atoms with Crippen LogP contribution in [0.1, 0.15) is 30.4 Å². The van der Waals surface area contributed by atoms with Gasteiger partial charge in [-0.2, -0.15) is 0 Å². The number of rotatable bonds is 3. The summed E-state index contributed by atoms with van der Waals surface area (Å²) in [6, 6.07) is 16.3. The molecule has 2 aromatic rings. The van der Waals surface area contributed by atoms with Gasteiger partial charge in [0.15, 0.2) is 0 Å². The molecule has 0 saturated carbocycles. The average Bonchev–Trinajstić information content (AvgIpc) is 3.38.